The number of benzene rings is 2. The van der Waals surface area contributed by atoms with Crippen LogP contribution < -0.4 is 14.8 Å². The van der Waals surface area contributed by atoms with Gasteiger partial charge in [-0.2, -0.15) is 5.10 Å². The number of rotatable bonds is 6. The van der Waals surface area contributed by atoms with Crippen molar-refractivity contribution in [3.05, 3.63) is 72.1 Å². The van der Waals surface area contributed by atoms with Crippen LogP contribution in [0.3, 0.4) is 0 Å². The Morgan fingerprint density at radius 3 is 2.57 bits per heavy atom. The Kier molecular flexibility index (Phi) is 5.48. The molecule has 0 radical (unpaired) electrons. The van der Waals surface area contributed by atoms with Crippen LogP contribution >= 0.6 is 0 Å². The highest BCUT2D eigenvalue weighted by Gasteiger charge is 2.36. The fourth-order valence-corrected chi connectivity index (χ4v) is 4.08. The number of aromatic nitrogens is 2. The minimum absolute atomic E-state index is 0.0427. The number of nitrogens with zero attached hydrogens (tertiary/aromatic N) is 2. The summed E-state index contributed by atoms with van der Waals surface area (Å²) in [7, 11) is 1.58. The molecule has 0 saturated heterocycles. The molecule has 1 heterocycles. The number of carbonyl (C=O) groups is 1. The molecule has 0 fully saturated rings. The number of carbonyl (C=O) groups excluding carboxylic acids is 1. The van der Waals surface area contributed by atoms with Gasteiger partial charge >= 0.3 is 0 Å². The molecule has 1 N–H and O–H groups in total. The van der Waals surface area contributed by atoms with Crippen LogP contribution in [-0.4, -0.2) is 29.4 Å². The normalized spacial score (nSPS) is 17.1. The monoisotopic (exact) mass is 405 g/mol. The molecule has 1 aliphatic carbocycles. The molecular weight excluding hydrogens is 378 g/mol. The average molecular weight is 405 g/mol. The van der Waals surface area contributed by atoms with Gasteiger partial charge in [0.25, 0.3) is 5.91 Å². The molecule has 1 aliphatic rings. The molecule has 0 bridgehead atoms. The number of ether oxygens (including phenoxy) is 2. The van der Waals surface area contributed by atoms with E-state index in [0.29, 0.717) is 11.5 Å². The maximum Gasteiger partial charge on any atom is 0.258 e. The molecule has 0 unspecified atom stereocenters. The lowest BCUT2D eigenvalue weighted by Crippen LogP contribution is -2.38. The number of amides is 1. The Morgan fingerprint density at radius 1 is 1.13 bits per heavy atom. The van der Waals surface area contributed by atoms with Crippen LogP contribution in [0.5, 0.6) is 11.5 Å². The molecular formula is C24H27N3O3. The van der Waals surface area contributed by atoms with E-state index in [1.807, 2.05) is 53.3 Å². The van der Waals surface area contributed by atoms with E-state index in [4.69, 9.17) is 9.47 Å². The Bertz CT molecular complexity index is 1030. The SMILES string of the molecule is COc1ccccc1OCC(=O)N[C@@H]1CC(C)(C)Cc2c1cnn2-c1ccccc1. The van der Waals surface area contributed by atoms with Gasteiger partial charge in [0.2, 0.25) is 0 Å². The molecule has 0 spiro atoms. The summed E-state index contributed by atoms with van der Waals surface area (Å²) in [6.45, 7) is 4.38. The Morgan fingerprint density at radius 2 is 1.83 bits per heavy atom. The maximum absolute atomic E-state index is 12.7. The molecule has 1 amide bonds. The zero-order valence-corrected chi connectivity index (χ0v) is 17.6. The number of fused-ring (bicyclic) bond motifs is 1. The molecule has 1 aromatic heterocycles. The van der Waals surface area contributed by atoms with E-state index < -0.39 is 0 Å². The van der Waals surface area contributed by atoms with E-state index in [-0.39, 0.29) is 24.0 Å². The van der Waals surface area contributed by atoms with Gasteiger partial charge in [0, 0.05) is 5.56 Å². The van der Waals surface area contributed by atoms with Crippen LogP contribution in [0.2, 0.25) is 0 Å². The van der Waals surface area contributed by atoms with Crippen LogP contribution in [0.25, 0.3) is 5.69 Å². The fourth-order valence-electron chi connectivity index (χ4n) is 4.08. The number of hydrogen-bond acceptors (Lipinski definition) is 4. The van der Waals surface area contributed by atoms with Crippen molar-refractivity contribution >= 4 is 5.91 Å². The predicted molar refractivity (Wildman–Crippen MR) is 115 cm³/mol. The van der Waals surface area contributed by atoms with Gasteiger partial charge in [-0.3, -0.25) is 4.79 Å². The van der Waals surface area contributed by atoms with Crippen LogP contribution in [0.1, 0.15) is 37.6 Å². The molecule has 0 aliphatic heterocycles. The topological polar surface area (TPSA) is 65.4 Å². The number of para-hydroxylation sites is 3. The van der Waals surface area contributed by atoms with Crippen molar-refractivity contribution in [3.8, 4) is 17.2 Å². The molecule has 6 nitrogen and oxygen atoms in total. The third-order valence-electron chi connectivity index (χ3n) is 5.44. The van der Waals surface area contributed by atoms with E-state index >= 15 is 0 Å². The van der Waals surface area contributed by atoms with Crippen molar-refractivity contribution in [2.75, 3.05) is 13.7 Å². The molecule has 0 saturated carbocycles. The highest BCUT2D eigenvalue weighted by Crippen LogP contribution is 2.41. The number of hydrogen-bond donors (Lipinski definition) is 1. The highest BCUT2D eigenvalue weighted by atomic mass is 16.5. The van der Waals surface area contributed by atoms with Crippen LogP contribution in [-0.2, 0) is 11.2 Å². The van der Waals surface area contributed by atoms with E-state index in [1.165, 1.54) is 0 Å². The van der Waals surface area contributed by atoms with Crippen LogP contribution in [0, 0.1) is 5.41 Å². The zero-order valence-electron chi connectivity index (χ0n) is 17.6. The summed E-state index contributed by atoms with van der Waals surface area (Å²) in [5, 5.41) is 7.77. The van der Waals surface area contributed by atoms with E-state index in [1.54, 1.807) is 19.2 Å². The lowest BCUT2D eigenvalue weighted by molar-refractivity contribution is -0.124. The summed E-state index contributed by atoms with van der Waals surface area (Å²) in [6, 6.07) is 17.3. The van der Waals surface area contributed by atoms with E-state index in [0.717, 1.165) is 29.8 Å². The van der Waals surface area contributed by atoms with Gasteiger partial charge in [-0.25, -0.2) is 4.68 Å². The van der Waals surface area contributed by atoms with Crippen LogP contribution in [0.4, 0.5) is 0 Å². The first-order valence-corrected chi connectivity index (χ1v) is 10.1. The van der Waals surface area contributed by atoms with Crippen molar-refractivity contribution < 1.29 is 14.3 Å². The smallest absolute Gasteiger partial charge is 0.258 e. The van der Waals surface area contributed by atoms with Crippen molar-refractivity contribution in [3.63, 3.8) is 0 Å². The Labute approximate surface area is 176 Å². The first-order chi connectivity index (χ1) is 14.5. The standard InChI is InChI=1S/C24H27N3O3/c1-24(2)13-19(26-23(28)16-30-22-12-8-7-11-21(22)29-3)18-15-25-27(20(18)14-24)17-9-5-4-6-10-17/h4-12,15,19H,13-14,16H2,1-3H3,(H,26,28)/t19-/m1/s1. The second kappa shape index (κ2) is 8.22. The number of nitrogens with one attached hydrogen (secondary N) is 1. The van der Waals surface area contributed by atoms with Crippen molar-refractivity contribution in [1.29, 1.82) is 0 Å². The molecule has 30 heavy (non-hydrogen) atoms. The highest BCUT2D eigenvalue weighted by molar-refractivity contribution is 5.78. The second-order valence-electron chi connectivity index (χ2n) is 8.40. The van der Waals surface area contributed by atoms with Gasteiger partial charge < -0.3 is 14.8 Å². The lowest BCUT2D eigenvalue weighted by atomic mass is 9.74. The van der Waals surface area contributed by atoms with Crippen molar-refractivity contribution in [2.24, 2.45) is 5.41 Å². The Balaban J connectivity index is 1.51. The Hall–Kier alpha value is -3.28. The minimum Gasteiger partial charge on any atom is -0.493 e. The maximum atomic E-state index is 12.7. The second-order valence-corrected chi connectivity index (χ2v) is 8.40. The molecule has 1 atom stereocenters. The zero-order chi connectivity index (χ0) is 21.1. The van der Waals surface area contributed by atoms with Gasteiger partial charge in [-0.1, -0.05) is 44.2 Å². The molecule has 4 rings (SSSR count). The summed E-state index contributed by atoms with van der Waals surface area (Å²) >= 11 is 0. The summed E-state index contributed by atoms with van der Waals surface area (Å²) < 4.78 is 13.0. The molecule has 156 valence electrons. The lowest BCUT2D eigenvalue weighted by Gasteiger charge is -2.36. The quantitative estimate of drug-likeness (QED) is 0.671. The largest absolute Gasteiger partial charge is 0.493 e. The summed E-state index contributed by atoms with van der Waals surface area (Å²) in [4.78, 5) is 12.7. The average Bonchev–Trinajstić information content (AvgIpc) is 3.15. The van der Waals surface area contributed by atoms with Gasteiger partial charge in [-0.15, -0.1) is 0 Å². The van der Waals surface area contributed by atoms with Crippen molar-refractivity contribution in [1.82, 2.24) is 15.1 Å². The summed E-state index contributed by atoms with van der Waals surface area (Å²) in [5.74, 6) is 0.995. The van der Waals surface area contributed by atoms with Gasteiger partial charge in [0.1, 0.15) is 0 Å². The molecule has 6 heteroatoms. The van der Waals surface area contributed by atoms with Gasteiger partial charge in [0.15, 0.2) is 18.1 Å². The van der Waals surface area contributed by atoms with Gasteiger partial charge in [-0.05, 0) is 42.5 Å². The fraction of sp³-hybridized carbons (Fsp3) is 0.333. The van der Waals surface area contributed by atoms with E-state index in [9.17, 15) is 4.79 Å². The molecule has 2 aromatic carbocycles. The first kappa shape index (κ1) is 20.0. The number of methoxy groups -OCH3 is 1. The van der Waals surface area contributed by atoms with Crippen LogP contribution in [0.15, 0.2) is 60.8 Å². The first-order valence-electron chi connectivity index (χ1n) is 10.1. The summed E-state index contributed by atoms with van der Waals surface area (Å²) in [5.41, 5.74) is 3.29. The third-order valence-corrected chi connectivity index (χ3v) is 5.44. The van der Waals surface area contributed by atoms with E-state index in [2.05, 4.69) is 24.3 Å². The summed E-state index contributed by atoms with van der Waals surface area (Å²) in [6.07, 6.45) is 3.63. The molecule has 3 aromatic rings. The minimum atomic E-state index is -0.165. The predicted octanol–water partition coefficient (Wildman–Crippen LogP) is 4.09. The van der Waals surface area contributed by atoms with Gasteiger partial charge in [0.05, 0.1) is 30.7 Å². The third kappa shape index (κ3) is 4.17. The van der Waals surface area contributed by atoms with Crippen molar-refractivity contribution in [2.45, 2.75) is 32.7 Å².